The van der Waals surface area contributed by atoms with Crippen molar-refractivity contribution in [3.63, 3.8) is 0 Å². The van der Waals surface area contributed by atoms with Crippen LogP contribution >= 0.6 is 11.6 Å². The molecule has 0 bridgehead atoms. The van der Waals surface area contributed by atoms with Crippen molar-refractivity contribution >= 4 is 11.6 Å². The third-order valence-electron chi connectivity index (χ3n) is 4.22. The summed E-state index contributed by atoms with van der Waals surface area (Å²) >= 11 is 6.25. The van der Waals surface area contributed by atoms with Gasteiger partial charge in [0.2, 0.25) is 0 Å². The normalized spacial score (nSPS) is 14.1. The van der Waals surface area contributed by atoms with Gasteiger partial charge in [-0.05, 0) is 55.5 Å². The zero-order valence-corrected chi connectivity index (χ0v) is 15.0. The molecule has 21 heavy (non-hydrogen) atoms. The molecule has 0 aliphatic rings. The van der Waals surface area contributed by atoms with Crippen molar-refractivity contribution in [1.29, 1.82) is 0 Å². The van der Waals surface area contributed by atoms with Gasteiger partial charge in [-0.1, -0.05) is 64.1 Å². The second kappa shape index (κ2) is 10.2. The molecular weight excluding hydrogens is 278 g/mol. The van der Waals surface area contributed by atoms with Crippen LogP contribution < -0.4 is 5.32 Å². The first-order valence-corrected chi connectivity index (χ1v) is 8.98. The van der Waals surface area contributed by atoms with Crippen molar-refractivity contribution in [1.82, 2.24) is 5.32 Å². The first-order chi connectivity index (χ1) is 10.1. The Morgan fingerprint density at radius 3 is 2.43 bits per heavy atom. The number of hydrogen-bond acceptors (Lipinski definition) is 1. The maximum absolute atomic E-state index is 6.25. The molecule has 1 N–H and O–H groups in total. The van der Waals surface area contributed by atoms with Gasteiger partial charge in [-0.2, -0.15) is 0 Å². The summed E-state index contributed by atoms with van der Waals surface area (Å²) in [6.45, 7) is 10.0. The van der Waals surface area contributed by atoms with E-state index in [1.54, 1.807) is 0 Å². The van der Waals surface area contributed by atoms with Gasteiger partial charge in [-0.15, -0.1) is 0 Å². The number of hydrogen-bond donors (Lipinski definition) is 1. The first-order valence-electron chi connectivity index (χ1n) is 8.61. The molecule has 0 saturated heterocycles. The summed E-state index contributed by atoms with van der Waals surface area (Å²) in [5.41, 5.74) is 2.60. The molecule has 0 fully saturated rings. The zero-order chi connectivity index (χ0) is 15.7. The molecule has 0 radical (unpaired) electrons. The molecule has 0 amide bonds. The number of aryl methyl sites for hydroxylation is 1. The van der Waals surface area contributed by atoms with Crippen LogP contribution in [0.5, 0.6) is 0 Å². The van der Waals surface area contributed by atoms with Crippen LogP contribution in [0.25, 0.3) is 0 Å². The Morgan fingerprint density at radius 2 is 1.86 bits per heavy atom. The number of rotatable bonds is 10. The fraction of sp³-hybridized carbons (Fsp3) is 0.684. The van der Waals surface area contributed by atoms with Crippen LogP contribution in [0, 0.1) is 12.8 Å². The maximum Gasteiger partial charge on any atom is 0.0411 e. The number of unbranched alkanes of at least 4 members (excludes halogenated alkanes) is 1. The van der Waals surface area contributed by atoms with Crippen LogP contribution in [0.3, 0.4) is 0 Å². The lowest BCUT2D eigenvalue weighted by atomic mass is 9.88. The van der Waals surface area contributed by atoms with E-state index in [1.807, 2.05) is 6.07 Å². The molecule has 120 valence electrons. The fourth-order valence-electron chi connectivity index (χ4n) is 2.94. The molecule has 0 aromatic heterocycles. The topological polar surface area (TPSA) is 12.0 Å². The quantitative estimate of drug-likeness (QED) is 0.535. The highest BCUT2D eigenvalue weighted by atomic mass is 35.5. The number of benzene rings is 1. The van der Waals surface area contributed by atoms with Crippen molar-refractivity contribution in [2.75, 3.05) is 6.54 Å². The molecule has 2 unspecified atom stereocenters. The van der Waals surface area contributed by atoms with E-state index in [0.717, 1.165) is 17.5 Å². The van der Waals surface area contributed by atoms with Gasteiger partial charge < -0.3 is 5.32 Å². The highest BCUT2D eigenvalue weighted by Gasteiger charge is 2.17. The Hall–Kier alpha value is -0.530. The minimum absolute atomic E-state index is 0.434. The summed E-state index contributed by atoms with van der Waals surface area (Å²) in [6, 6.07) is 6.89. The lowest BCUT2D eigenvalue weighted by Gasteiger charge is -2.25. The van der Waals surface area contributed by atoms with Gasteiger partial charge in [-0.25, -0.2) is 0 Å². The van der Waals surface area contributed by atoms with Crippen LogP contribution in [0.2, 0.25) is 5.02 Å². The zero-order valence-electron chi connectivity index (χ0n) is 14.2. The van der Waals surface area contributed by atoms with Crippen molar-refractivity contribution in [2.24, 2.45) is 5.92 Å². The van der Waals surface area contributed by atoms with Crippen LogP contribution in [0.4, 0.5) is 0 Å². The molecular formula is C19H32ClN. The van der Waals surface area contributed by atoms with Crippen molar-refractivity contribution in [3.05, 3.63) is 34.3 Å². The minimum Gasteiger partial charge on any atom is -0.310 e. The van der Waals surface area contributed by atoms with Gasteiger partial charge in [0.25, 0.3) is 0 Å². The second-order valence-electron chi connectivity index (χ2n) is 6.22. The largest absolute Gasteiger partial charge is 0.310 e. The van der Waals surface area contributed by atoms with Gasteiger partial charge in [0, 0.05) is 11.1 Å². The Kier molecular flexibility index (Phi) is 9.03. The average Bonchev–Trinajstić information content (AvgIpc) is 2.45. The van der Waals surface area contributed by atoms with Crippen molar-refractivity contribution in [3.8, 4) is 0 Å². The molecule has 0 heterocycles. The Balaban J connectivity index is 2.82. The van der Waals surface area contributed by atoms with E-state index in [4.69, 9.17) is 11.6 Å². The highest BCUT2D eigenvalue weighted by molar-refractivity contribution is 6.30. The van der Waals surface area contributed by atoms with E-state index in [2.05, 4.69) is 45.1 Å². The predicted molar refractivity (Wildman–Crippen MR) is 95.1 cm³/mol. The first kappa shape index (κ1) is 18.5. The average molecular weight is 310 g/mol. The fourth-order valence-corrected chi connectivity index (χ4v) is 3.23. The monoisotopic (exact) mass is 309 g/mol. The van der Waals surface area contributed by atoms with Gasteiger partial charge >= 0.3 is 0 Å². The Labute approximate surface area is 136 Å². The summed E-state index contributed by atoms with van der Waals surface area (Å²) in [5.74, 6) is 0.804. The number of nitrogens with one attached hydrogen (secondary N) is 1. The molecule has 2 heteroatoms. The maximum atomic E-state index is 6.25. The van der Waals surface area contributed by atoms with Crippen LogP contribution in [-0.2, 0) is 0 Å². The van der Waals surface area contributed by atoms with Crippen molar-refractivity contribution < 1.29 is 0 Å². The van der Waals surface area contributed by atoms with Gasteiger partial charge in [0.15, 0.2) is 0 Å². The van der Waals surface area contributed by atoms with Crippen LogP contribution in [0.1, 0.15) is 76.5 Å². The molecule has 1 nitrogen and oxygen atoms in total. The molecule has 1 aromatic carbocycles. The van der Waals surface area contributed by atoms with E-state index in [9.17, 15) is 0 Å². The van der Waals surface area contributed by atoms with E-state index in [-0.39, 0.29) is 0 Å². The summed E-state index contributed by atoms with van der Waals surface area (Å²) < 4.78 is 0. The smallest absolute Gasteiger partial charge is 0.0411 e. The minimum atomic E-state index is 0.434. The van der Waals surface area contributed by atoms with Gasteiger partial charge in [0.05, 0.1) is 0 Å². The standard InChI is InChI=1S/C19H32ClN/c1-5-8-9-16(7-3)13-19(21-10-6-2)17-11-15(4)12-18(20)14-17/h11-12,14,16,19,21H,5-10,13H2,1-4H3. The Bertz CT molecular complexity index is 382. The molecule has 2 atom stereocenters. The summed E-state index contributed by atoms with van der Waals surface area (Å²) in [6.07, 6.45) is 7.63. The van der Waals surface area contributed by atoms with Crippen LogP contribution in [0.15, 0.2) is 18.2 Å². The second-order valence-corrected chi connectivity index (χ2v) is 6.66. The lowest BCUT2D eigenvalue weighted by Crippen LogP contribution is -2.24. The van der Waals surface area contributed by atoms with Crippen LogP contribution in [-0.4, -0.2) is 6.54 Å². The summed E-state index contributed by atoms with van der Waals surface area (Å²) in [7, 11) is 0. The summed E-state index contributed by atoms with van der Waals surface area (Å²) in [5, 5.41) is 4.58. The van der Waals surface area contributed by atoms with E-state index < -0.39 is 0 Å². The Morgan fingerprint density at radius 1 is 1.10 bits per heavy atom. The SMILES string of the molecule is CCCCC(CC)CC(NCCC)c1cc(C)cc(Cl)c1. The highest BCUT2D eigenvalue weighted by Crippen LogP contribution is 2.29. The van der Waals surface area contributed by atoms with Gasteiger partial charge in [0.1, 0.15) is 0 Å². The molecule has 0 spiro atoms. The van der Waals surface area contributed by atoms with Crippen molar-refractivity contribution in [2.45, 2.75) is 72.3 Å². The van der Waals surface area contributed by atoms with Gasteiger partial charge in [-0.3, -0.25) is 0 Å². The molecule has 0 aliphatic heterocycles. The lowest BCUT2D eigenvalue weighted by molar-refractivity contribution is 0.353. The third-order valence-corrected chi connectivity index (χ3v) is 4.44. The van der Waals surface area contributed by atoms with E-state index in [0.29, 0.717) is 6.04 Å². The molecule has 1 aromatic rings. The predicted octanol–water partition coefficient (Wildman–Crippen LogP) is 6.30. The third kappa shape index (κ3) is 6.84. The molecule has 0 saturated carbocycles. The molecule has 0 aliphatic carbocycles. The van der Waals surface area contributed by atoms with E-state index in [1.165, 1.54) is 49.7 Å². The summed E-state index contributed by atoms with van der Waals surface area (Å²) in [4.78, 5) is 0. The van der Waals surface area contributed by atoms with E-state index >= 15 is 0 Å². The number of halogens is 1. The molecule has 1 rings (SSSR count).